The summed E-state index contributed by atoms with van der Waals surface area (Å²) in [5.74, 6) is -0.140. The van der Waals surface area contributed by atoms with Gasteiger partial charge in [-0.3, -0.25) is 0 Å². The van der Waals surface area contributed by atoms with E-state index in [0.717, 1.165) is 25.1 Å². The topological polar surface area (TPSA) is 12.0 Å². The lowest BCUT2D eigenvalue weighted by atomic mass is 10.1. The highest BCUT2D eigenvalue weighted by molar-refractivity contribution is 5.26. The van der Waals surface area contributed by atoms with Crippen LogP contribution >= 0.6 is 0 Å². The van der Waals surface area contributed by atoms with Crippen molar-refractivity contribution in [2.24, 2.45) is 0 Å². The molecule has 0 atom stereocenters. The minimum absolute atomic E-state index is 0.140. The molecule has 0 spiro atoms. The third-order valence-corrected chi connectivity index (χ3v) is 3.08. The van der Waals surface area contributed by atoms with Gasteiger partial charge in [-0.25, -0.2) is 4.39 Å². The van der Waals surface area contributed by atoms with Crippen molar-refractivity contribution >= 4 is 0 Å². The Morgan fingerprint density at radius 3 is 2.65 bits per heavy atom. The largest absolute Gasteiger partial charge is 0.316 e. The zero-order valence-electron chi connectivity index (χ0n) is 11.1. The van der Waals surface area contributed by atoms with Crippen LogP contribution in [0, 0.1) is 12.7 Å². The van der Waals surface area contributed by atoms with Gasteiger partial charge < -0.3 is 5.32 Å². The van der Waals surface area contributed by atoms with Crippen molar-refractivity contribution in [3.8, 4) is 0 Å². The molecule has 1 rings (SSSR count). The van der Waals surface area contributed by atoms with E-state index >= 15 is 0 Å². The maximum absolute atomic E-state index is 12.9. The van der Waals surface area contributed by atoms with Crippen molar-refractivity contribution in [3.63, 3.8) is 0 Å². The maximum Gasteiger partial charge on any atom is 0.123 e. The normalized spacial score (nSPS) is 10.8. The summed E-state index contributed by atoms with van der Waals surface area (Å²) >= 11 is 0. The van der Waals surface area contributed by atoms with Crippen LogP contribution in [0.4, 0.5) is 4.39 Å². The van der Waals surface area contributed by atoms with Gasteiger partial charge in [0, 0.05) is 0 Å². The van der Waals surface area contributed by atoms with Crippen LogP contribution in [0.15, 0.2) is 18.2 Å². The van der Waals surface area contributed by atoms with Crippen molar-refractivity contribution in [2.45, 2.75) is 46.0 Å². The second-order valence-corrected chi connectivity index (χ2v) is 4.63. The molecule has 0 heterocycles. The predicted octanol–water partition coefficient (Wildman–Crippen LogP) is 3.85. The van der Waals surface area contributed by atoms with Gasteiger partial charge in [-0.1, -0.05) is 32.3 Å². The first-order chi connectivity index (χ1) is 8.24. The molecule has 1 N–H and O–H groups in total. The molecule has 0 amide bonds. The van der Waals surface area contributed by atoms with Crippen molar-refractivity contribution in [3.05, 3.63) is 35.1 Å². The summed E-state index contributed by atoms with van der Waals surface area (Å²) in [5, 5.41) is 3.44. The monoisotopic (exact) mass is 237 g/mol. The summed E-state index contributed by atoms with van der Waals surface area (Å²) in [6, 6.07) is 5.05. The predicted molar refractivity (Wildman–Crippen MR) is 71.9 cm³/mol. The molecule has 0 saturated heterocycles. The third kappa shape index (κ3) is 5.83. The standard InChI is InChI=1S/C15H24FN/c1-3-4-5-6-10-17-11-9-14-7-8-15(16)12-13(14)2/h7-8,12,17H,3-6,9-11H2,1-2H3. The molecule has 1 nitrogen and oxygen atoms in total. The second-order valence-electron chi connectivity index (χ2n) is 4.63. The first-order valence-electron chi connectivity index (χ1n) is 6.69. The number of unbranched alkanes of at least 4 members (excludes halogenated alkanes) is 3. The maximum atomic E-state index is 12.9. The average molecular weight is 237 g/mol. The molecule has 96 valence electrons. The molecule has 0 aliphatic heterocycles. The van der Waals surface area contributed by atoms with E-state index in [0.29, 0.717) is 0 Å². The highest BCUT2D eigenvalue weighted by Gasteiger charge is 1.99. The van der Waals surface area contributed by atoms with E-state index in [1.54, 1.807) is 12.1 Å². The molecule has 1 aromatic carbocycles. The number of halogens is 1. The smallest absolute Gasteiger partial charge is 0.123 e. The number of nitrogens with one attached hydrogen (secondary N) is 1. The highest BCUT2D eigenvalue weighted by Crippen LogP contribution is 2.10. The van der Waals surface area contributed by atoms with Gasteiger partial charge >= 0.3 is 0 Å². The number of rotatable bonds is 8. The molecular formula is C15H24FN. The third-order valence-electron chi connectivity index (χ3n) is 3.08. The van der Waals surface area contributed by atoms with E-state index in [4.69, 9.17) is 0 Å². The lowest BCUT2D eigenvalue weighted by molar-refractivity contribution is 0.597. The van der Waals surface area contributed by atoms with Crippen molar-refractivity contribution in [1.29, 1.82) is 0 Å². The second kappa shape index (κ2) is 8.24. The first kappa shape index (κ1) is 14.2. The fourth-order valence-electron chi connectivity index (χ4n) is 1.96. The number of benzene rings is 1. The van der Waals surface area contributed by atoms with Crippen LogP contribution in [0.1, 0.15) is 43.7 Å². The van der Waals surface area contributed by atoms with Crippen LogP contribution < -0.4 is 5.32 Å². The van der Waals surface area contributed by atoms with Gasteiger partial charge in [0.15, 0.2) is 0 Å². The Labute approximate surface area is 104 Å². The molecule has 0 saturated carbocycles. The van der Waals surface area contributed by atoms with Gasteiger partial charge in [0.05, 0.1) is 0 Å². The van der Waals surface area contributed by atoms with Gasteiger partial charge in [0.1, 0.15) is 5.82 Å². The molecule has 0 unspecified atom stereocenters. The first-order valence-corrected chi connectivity index (χ1v) is 6.69. The fraction of sp³-hybridized carbons (Fsp3) is 0.600. The molecule has 2 heteroatoms. The zero-order chi connectivity index (χ0) is 12.5. The molecule has 0 aliphatic rings. The molecule has 0 fully saturated rings. The van der Waals surface area contributed by atoms with Crippen molar-refractivity contribution < 1.29 is 4.39 Å². The molecule has 0 bridgehead atoms. The molecule has 0 aliphatic carbocycles. The van der Waals surface area contributed by atoms with Gasteiger partial charge in [0.25, 0.3) is 0 Å². The number of aryl methyl sites for hydroxylation is 1. The molecule has 0 aromatic heterocycles. The summed E-state index contributed by atoms with van der Waals surface area (Å²) in [6.07, 6.45) is 6.18. The number of hydrogen-bond donors (Lipinski definition) is 1. The summed E-state index contributed by atoms with van der Waals surface area (Å²) in [6.45, 7) is 6.28. The van der Waals surface area contributed by atoms with E-state index in [2.05, 4.69) is 12.2 Å². The average Bonchev–Trinajstić information content (AvgIpc) is 2.30. The summed E-state index contributed by atoms with van der Waals surface area (Å²) < 4.78 is 12.9. The molecule has 0 radical (unpaired) electrons. The lowest BCUT2D eigenvalue weighted by Crippen LogP contribution is -2.18. The van der Waals surface area contributed by atoms with Gasteiger partial charge in [-0.15, -0.1) is 0 Å². The summed E-state index contributed by atoms with van der Waals surface area (Å²) in [4.78, 5) is 0. The minimum atomic E-state index is -0.140. The summed E-state index contributed by atoms with van der Waals surface area (Å²) in [5.41, 5.74) is 2.30. The molecular weight excluding hydrogens is 213 g/mol. The van der Waals surface area contributed by atoms with E-state index in [-0.39, 0.29) is 5.82 Å². The Bertz CT molecular complexity index is 323. The van der Waals surface area contributed by atoms with E-state index in [9.17, 15) is 4.39 Å². The summed E-state index contributed by atoms with van der Waals surface area (Å²) in [7, 11) is 0. The molecule has 17 heavy (non-hydrogen) atoms. The van der Waals surface area contributed by atoms with Crippen LogP contribution in [0.25, 0.3) is 0 Å². The Morgan fingerprint density at radius 1 is 1.12 bits per heavy atom. The Morgan fingerprint density at radius 2 is 1.94 bits per heavy atom. The van der Waals surface area contributed by atoms with E-state index < -0.39 is 0 Å². The van der Waals surface area contributed by atoms with Crippen LogP contribution in [0.3, 0.4) is 0 Å². The van der Waals surface area contributed by atoms with Gasteiger partial charge in [-0.05, 0) is 56.1 Å². The van der Waals surface area contributed by atoms with Crippen LogP contribution in [0.2, 0.25) is 0 Å². The van der Waals surface area contributed by atoms with Crippen LogP contribution in [0.5, 0.6) is 0 Å². The lowest BCUT2D eigenvalue weighted by Gasteiger charge is -2.07. The highest BCUT2D eigenvalue weighted by atomic mass is 19.1. The Hall–Kier alpha value is -0.890. The van der Waals surface area contributed by atoms with E-state index in [1.165, 1.54) is 31.2 Å². The van der Waals surface area contributed by atoms with Gasteiger partial charge in [0.2, 0.25) is 0 Å². The van der Waals surface area contributed by atoms with Crippen molar-refractivity contribution in [2.75, 3.05) is 13.1 Å². The van der Waals surface area contributed by atoms with Crippen molar-refractivity contribution in [1.82, 2.24) is 5.32 Å². The Balaban J connectivity index is 2.14. The Kier molecular flexibility index (Phi) is 6.87. The quantitative estimate of drug-likeness (QED) is 0.677. The van der Waals surface area contributed by atoms with Gasteiger partial charge in [-0.2, -0.15) is 0 Å². The molecule has 1 aromatic rings. The van der Waals surface area contributed by atoms with Crippen LogP contribution in [-0.4, -0.2) is 13.1 Å². The number of hydrogen-bond acceptors (Lipinski definition) is 1. The zero-order valence-corrected chi connectivity index (χ0v) is 11.1. The van der Waals surface area contributed by atoms with E-state index in [1.807, 2.05) is 13.0 Å². The fourth-order valence-corrected chi connectivity index (χ4v) is 1.96. The van der Waals surface area contributed by atoms with Crippen LogP contribution in [-0.2, 0) is 6.42 Å². The SMILES string of the molecule is CCCCCCNCCc1ccc(F)cc1C. The minimum Gasteiger partial charge on any atom is -0.316 e.